The van der Waals surface area contributed by atoms with E-state index in [1.165, 1.54) is 16.7 Å². The predicted molar refractivity (Wildman–Crippen MR) is 113 cm³/mol. The Morgan fingerprint density at radius 3 is 2.40 bits per heavy atom. The second kappa shape index (κ2) is 9.37. The lowest BCUT2D eigenvalue weighted by molar-refractivity contribution is -0.138. The molecule has 2 aromatic heterocycles. The summed E-state index contributed by atoms with van der Waals surface area (Å²) in [4.78, 5) is 19.8. The van der Waals surface area contributed by atoms with Crippen LogP contribution in [0.3, 0.4) is 0 Å². The molecule has 35 heavy (non-hydrogen) atoms. The number of alkyl halides is 3. The van der Waals surface area contributed by atoms with Gasteiger partial charge in [0.05, 0.1) is 23.3 Å². The van der Waals surface area contributed by atoms with Gasteiger partial charge in [0.15, 0.2) is 0 Å². The molecule has 2 aromatic carbocycles. The van der Waals surface area contributed by atoms with E-state index in [0.717, 1.165) is 30.7 Å². The van der Waals surface area contributed by atoms with Crippen LogP contribution in [-0.4, -0.2) is 21.1 Å². The summed E-state index contributed by atoms with van der Waals surface area (Å²) in [6, 6.07) is 5.58. The summed E-state index contributed by atoms with van der Waals surface area (Å²) in [7, 11) is 0. The smallest absolute Gasteiger partial charge is 0.421 e. The molecule has 4 aromatic rings. The molecular formula is C23H16F6N4O2. The van der Waals surface area contributed by atoms with Gasteiger partial charge in [0.1, 0.15) is 28.8 Å². The van der Waals surface area contributed by atoms with Crippen molar-refractivity contribution in [2.45, 2.75) is 18.6 Å². The zero-order chi connectivity index (χ0) is 25.3. The molecule has 4 rings (SSSR count). The van der Waals surface area contributed by atoms with Gasteiger partial charge in [0.25, 0.3) is 5.56 Å². The number of nitrogens with zero attached hydrogens (tertiary/aromatic N) is 3. The van der Waals surface area contributed by atoms with Crippen molar-refractivity contribution in [3.05, 3.63) is 93.9 Å². The molecule has 1 atom stereocenters. The highest BCUT2D eigenvalue weighted by atomic mass is 19.4. The topological polar surface area (TPSA) is 83.0 Å². The Hall–Kier alpha value is -3.93. The molecule has 0 amide bonds. The number of pyridine rings is 1. The first-order valence-corrected chi connectivity index (χ1v) is 10.2. The summed E-state index contributed by atoms with van der Waals surface area (Å²) in [5, 5.41) is -0.0977. The summed E-state index contributed by atoms with van der Waals surface area (Å²) >= 11 is 0. The maximum absolute atomic E-state index is 14.6. The Kier molecular flexibility index (Phi) is 6.48. The van der Waals surface area contributed by atoms with Gasteiger partial charge in [0, 0.05) is 23.9 Å². The Balaban J connectivity index is 1.83. The van der Waals surface area contributed by atoms with Crippen molar-refractivity contribution in [1.82, 2.24) is 14.5 Å². The van der Waals surface area contributed by atoms with Crippen molar-refractivity contribution in [3.63, 3.8) is 0 Å². The monoisotopic (exact) mass is 494 g/mol. The Morgan fingerprint density at radius 2 is 1.74 bits per heavy atom. The van der Waals surface area contributed by atoms with Crippen molar-refractivity contribution in [2.75, 3.05) is 6.54 Å². The summed E-state index contributed by atoms with van der Waals surface area (Å²) in [5.41, 5.74) is 3.43. The number of hydrogen-bond acceptors (Lipinski definition) is 5. The van der Waals surface area contributed by atoms with Gasteiger partial charge in [-0.25, -0.2) is 18.2 Å². The van der Waals surface area contributed by atoms with E-state index >= 15 is 0 Å². The fraction of sp³-hybridized carbons (Fsp3) is 0.174. The van der Waals surface area contributed by atoms with Gasteiger partial charge < -0.3 is 15.0 Å². The van der Waals surface area contributed by atoms with Gasteiger partial charge in [-0.05, 0) is 43.3 Å². The van der Waals surface area contributed by atoms with E-state index in [-0.39, 0.29) is 29.6 Å². The fourth-order valence-electron chi connectivity index (χ4n) is 3.72. The first kappa shape index (κ1) is 24.2. The van der Waals surface area contributed by atoms with E-state index in [4.69, 9.17) is 10.5 Å². The lowest BCUT2D eigenvalue weighted by Crippen LogP contribution is -2.22. The first-order valence-electron chi connectivity index (χ1n) is 10.2. The molecule has 0 spiro atoms. The lowest BCUT2D eigenvalue weighted by atomic mass is 10.0. The van der Waals surface area contributed by atoms with Gasteiger partial charge >= 0.3 is 6.18 Å². The lowest BCUT2D eigenvalue weighted by Gasteiger charge is -2.23. The first-order chi connectivity index (χ1) is 16.6. The van der Waals surface area contributed by atoms with Gasteiger partial charge in [-0.15, -0.1) is 0 Å². The number of aromatic nitrogens is 3. The average Bonchev–Trinajstić information content (AvgIpc) is 2.78. The molecule has 2 heterocycles. The van der Waals surface area contributed by atoms with Crippen molar-refractivity contribution in [3.8, 4) is 11.6 Å². The number of benzene rings is 2. The SMILES string of the molecule is NCC[C@H](c1c(F)cc(F)cc1F)n1cnc(=O)c2cc(Oc3ncccc3C(F)(F)F)ccc21. The van der Waals surface area contributed by atoms with Crippen LogP contribution in [0.2, 0.25) is 0 Å². The number of rotatable bonds is 6. The number of ether oxygens (including phenoxy) is 1. The highest BCUT2D eigenvalue weighted by molar-refractivity contribution is 5.80. The zero-order valence-corrected chi connectivity index (χ0v) is 17.7. The van der Waals surface area contributed by atoms with Crippen molar-refractivity contribution in [2.24, 2.45) is 5.73 Å². The summed E-state index contributed by atoms with van der Waals surface area (Å²) < 4.78 is 88.9. The highest BCUT2D eigenvalue weighted by Crippen LogP contribution is 2.37. The Morgan fingerprint density at radius 1 is 1.03 bits per heavy atom. The van der Waals surface area contributed by atoms with E-state index in [2.05, 4.69) is 9.97 Å². The Bertz CT molecular complexity index is 1430. The third-order valence-electron chi connectivity index (χ3n) is 5.22. The maximum Gasteiger partial charge on any atom is 0.421 e. The van der Waals surface area contributed by atoms with Crippen LogP contribution in [-0.2, 0) is 6.18 Å². The van der Waals surface area contributed by atoms with Crippen LogP contribution in [0.15, 0.2) is 59.8 Å². The highest BCUT2D eigenvalue weighted by Gasteiger charge is 2.35. The second-order valence-corrected chi connectivity index (χ2v) is 7.47. The standard InChI is InChI=1S/C23H16F6N4O2/c24-12-8-16(25)20(17(26)9-12)19(5-6-30)33-11-32-21(34)14-10-13(3-4-18(14)33)35-22-15(23(27,28)29)2-1-7-31-22/h1-4,7-11,19H,5-6,30H2/t19-/m1/s1. The number of fused-ring (bicyclic) bond motifs is 1. The minimum absolute atomic E-state index is 0.000250. The largest absolute Gasteiger partial charge is 0.438 e. The molecule has 0 aliphatic rings. The van der Waals surface area contributed by atoms with Crippen molar-refractivity contribution >= 4 is 10.9 Å². The molecule has 182 valence electrons. The van der Waals surface area contributed by atoms with Gasteiger partial charge in [-0.3, -0.25) is 4.79 Å². The molecule has 0 aliphatic carbocycles. The van der Waals surface area contributed by atoms with Crippen LogP contribution in [0.4, 0.5) is 26.3 Å². The van der Waals surface area contributed by atoms with Crippen LogP contribution >= 0.6 is 0 Å². The number of hydrogen-bond donors (Lipinski definition) is 1. The van der Waals surface area contributed by atoms with Gasteiger partial charge in [-0.2, -0.15) is 18.2 Å². The molecule has 0 saturated carbocycles. The minimum Gasteiger partial charge on any atom is -0.438 e. The molecule has 0 unspecified atom stereocenters. The number of nitrogens with two attached hydrogens (primary N) is 1. The van der Waals surface area contributed by atoms with Crippen molar-refractivity contribution in [1.29, 1.82) is 0 Å². The molecule has 0 aliphatic heterocycles. The number of halogens is 6. The third kappa shape index (κ3) is 4.83. The molecule has 0 saturated heterocycles. The molecule has 0 radical (unpaired) electrons. The molecular weight excluding hydrogens is 478 g/mol. The zero-order valence-electron chi connectivity index (χ0n) is 17.7. The van der Waals surface area contributed by atoms with E-state index in [1.54, 1.807) is 0 Å². The molecule has 2 N–H and O–H groups in total. The van der Waals surface area contributed by atoms with E-state index in [1.807, 2.05) is 0 Å². The fourth-order valence-corrected chi connectivity index (χ4v) is 3.72. The van der Waals surface area contributed by atoms with E-state index in [9.17, 15) is 31.1 Å². The molecule has 0 fully saturated rings. The summed E-state index contributed by atoms with van der Waals surface area (Å²) in [6.45, 7) is -0.0182. The van der Waals surface area contributed by atoms with Crippen LogP contribution < -0.4 is 16.0 Å². The summed E-state index contributed by atoms with van der Waals surface area (Å²) in [6.07, 6.45) is -2.55. The predicted octanol–water partition coefficient (Wildman–Crippen LogP) is 4.96. The van der Waals surface area contributed by atoms with E-state index < -0.39 is 52.2 Å². The van der Waals surface area contributed by atoms with Gasteiger partial charge in [0.2, 0.25) is 5.88 Å². The third-order valence-corrected chi connectivity index (χ3v) is 5.22. The Labute approximate surface area is 193 Å². The van der Waals surface area contributed by atoms with Crippen LogP contribution in [0.5, 0.6) is 11.6 Å². The molecule has 12 heteroatoms. The second-order valence-electron chi connectivity index (χ2n) is 7.47. The quantitative estimate of drug-likeness (QED) is 0.383. The molecule has 6 nitrogen and oxygen atoms in total. The van der Waals surface area contributed by atoms with Crippen LogP contribution in [0.1, 0.15) is 23.6 Å². The normalized spacial score (nSPS) is 12.7. The van der Waals surface area contributed by atoms with Crippen LogP contribution in [0, 0.1) is 17.5 Å². The van der Waals surface area contributed by atoms with Crippen LogP contribution in [0.25, 0.3) is 10.9 Å². The maximum atomic E-state index is 14.6. The summed E-state index contributed by atoms with van der Waals surface area (Å²) in [5.74, 6) is -4.27. The molecule has 0 bridgehead atoms. The average molecular weight is 494 g/mol. The van der Waals surface area contributed by atoms with Crippen molar-refractivity contribution < 1.29 is 31.1 Å². The van der Waals surface area contributed by atoms with Gasteiger partial charge in [-0.1, -0.05) is 0 Å². The van der Waals surface area contributed by atoms with E-state index in [0.29, 0.717) is 12.1 Å². The minimum atomic E-state index is -4.73.